The number of phenols is 1. The standard InChI is InChI=1S/C30H34N4O14S3/c1-30(2)22(27(41)42)34-24(38)20(25(34)51-30)31-23(37)19(14-3-5-15(35)6-4-14)32-28(43)45-9-11-49-50-12-10-47-29(44)46-8-7-16-21(26(39)40)33-17(36)13-18(33)48-16/h3-7,18-22,25,35H,8-13H2,1-2H3,(H,31,37)(H,32,43)(H,39,40)(H,41,42)/b16-7+/t18-,19?,20-,21-,22?,25-/m1/s1. The maximum absolute atomic E-state index is 13.4. The minimum Gasteiger partial charge on any atom is -0.508 e. The van der Waals surface area contributed by atoms with E-state index in [2.05, 4.69) is 10.6 Å². The number of aliphatic carboxylic acids is 2. The van der Waals surface area contributed by atoms with E-state index in [9.17, 15) is 48.9 Å². The van der Waals surface area contributed by atoms with Gasteiger partial charge in [-0.25, -0.2) is 19.2 Å². The lowest BCUT2D eigenvalue weighted by Crippen LogP contribution is -2.71. The van der Waals surface area contributed by atoms with E-state index in [4.69, 9.17) is 18.9 Å². The van der Waals surface area contributed by atoms with Crippen LogP contribution in [-0.4, -0.2) is 133 Å². The minimum atomic E-state index is -1.30. The van der Waals surface area contributed by atoms with E-state index in [1.165, 1.54) is 68.6 Å². The number of carbonyl (C=O) groups is 7. The van der Waals surface area contributed by atoms with Crippen molar-refractivity contribution in [1.29, 1.82) is 0 Å². The number of fused-ring (bicyclic) bond motifs is 2. The number of rotatable bonds is 15. The number of aromatic hydroxyl groups is 1. The molecule has 1 aromatic rings. The Morgan fingerprint density at radius 3 is 2.31 bits per heavy atom. The number of nitrogens with one attached hydrogen (secondary N) is 2. The van der Waals surface area contributed by atoms with Crippen molar-refractivity contribution < 1.29 is 67.8 Å². The predicted molar refractivity (Wildman–Crippen MR) is 179 cm³/mol. The molecule has 0 aromatic heterocycles. The second-order valence-electron chi connectivity index (χ2n) is 11.9. The molecule has 4 saturated heterocycles. The number of ether oxygens (including phenoxy) is 4. The summed E-state index contributed by atoms with van der Waals surface area (Å²) in [6.07, 6.45) is -1.19. The Morgan fingerprint density at radius 2 is 1.69 bits per heavy atom. The number of alkyl carbamates (subject to hydrolysis) is 1. The summed E-state index contributed by atoms with van der Waals surface area (Å²) in [7, 11) is 2.64. The number of carboxylic acid groups (broad SMARTS) is 2. The van der Waals surface area contributed by atoms with Gasteiger partial charge in [-0.05, 0) is 37.6 Å². The third-order valence-electron chi connectivity index (χ3n) is 8.08. The Morgan fingerprint density at radius 1 is 1.02 bits per heavy atom. The van der Waals surface area contributed by atoms with Crippen LogP contribution in [-0.2, 0) is 42.9 Å². The molecule has 276 valence electrons. The van der Waals surface area contributed by atoms with E-state index in [1.807, 2.05) is 0 Å². The van der Waals surface area contributed by atoms with E-state index < -0.39 is 76.5 Å². The third-order valence-corrected chi connectivity index (χ3v) is 12.0. The SMILES string of the molecule is CC1(C)S[C@@H]2[C@H](NC(=O)C(NC(=O)OCCSSCCOC(=O)OC/C=C3/O[C@@H]4CC(=O)N4[C@H]3C(=O)O)c3ccc(O)cc3)C(=O)N2C1C(=O)O. The fourth-order valence-electron chi connectivity index (χ4n) is 5.76. The number of hydrogen-bond acceptors (Lipinski definition) is 15. The molecule has 0 bridgehead atoms. The van der Waals surface area contributed by atoms with Crippen molar-refractivity contribution in [1.82, 2.24) is 20.4 Å². The molecule has 0 saturated carbocycles. The highest BCUT2D eigenvalue weighted by Crippen LogP contribution is 2.50. The van der Waals surface area contributed by atoms with Crippen LogP contribution in [0.2, 0.25) is 0 Å². The van der Waals surface area contributed by atoms with Gasteiger partial charge in [0.15, 0.2) is 12.3 Å². The van der Waals surface area contributed by atoms with Crippen LogP contribution in [0, 0.1) is 0 Å². The summed E-state index contributed by atoms with van der Waals surface area (Å²) in [5, 5.41) is 33.2. The smallest absolute Gasteiger partial charge is 0.508 e. The van der Waals surface area contributed by atoms with Gasteiger partial charge < -0.3 is 49.8 Å². The van der Waals surface area contributed by atoms with Crippen LogP contribution in [0.25, 0.3) is 0 Å². The average Bonchev–Trinajstić information content (AvgIpc) is 3.51. The summed E-state index contributed by atoms with van der Waals surface area (Å²) < 4.78 is 19.7. The summed E-state index contributed by atoms with van der Waals surface area (Å²) in [4.78, 5) is 88.0. The van der Waals surface area contributed by atoms with Crippen LogP contribution < -0.4 is 10.6 Å². The van der Waals surface area contributed by atoms with Crippen LogP contribution >= 0.6 is 33.3 Å². The van der Waals surface area contributed by atoms with Crippen molar-refractivity contribution in [3.05, 3.63) is 41.7 Å². The molecular weight excluding hydrogens is 737 g/mol. The average molecular weight is 771 g/mol. The quantitative estimate of drug-likeness (QED) is 0.0729. The van der Waals surface area contributed by atoms with Gasteiger partial charge in [0.25, 0.3) is 0 Å². The summed E-state index contributed by atoms with van der Waals surface area (Å²) in [6, 6.07) is 0.889. The van der Waals surface area contributed by atoms with Gasteiger partial charge in [-0.3, -0.25) is 19.3 Å². The number of nitrogens with zero attached hydrogens (tertiary/aromatic N) is 2. The summed E-state index contributed by atoms with van der Waals surface area (Å²) >= 11 is 1.26. The molecule has 4 aliphatic heterocycles. The Labute approximate surface area is 302 Å². The number of hydrogen-bond donors (Lipinski definition) is 5. The Bertz CT molecular complexity index is 1610. The minimum absolute atomic E-state index is 0.00841. The molecule has 0 radical (unpaired) electrons. The number of amides is 4. The normalized spacial score (nSPS) is 25.4. The van der Waals surface area contributed by atoms with Crippen molar-refractivity contribution in [3.63, 3.8) is 0 Å². The largest absolute Gasteiger partial charge is 0.508 e. The number of benzene rings is 1. The molecule has 4 aliphatic rings. The van der Waals surface area contributed by atoms with Gasteiger partial charge in [0.2, 0.25) is 17.7 Å². The van der Waals surface area contributed by atoms with Crippen molar-refractivity contribution in [2.24, 2.45) is 0 Å². The van der Waals surface area contributed by atoms with Crippen LogP contribution in [0.5, 0.6) is 5.75 Å². The monoisotopic (exact) mass is 770 g/mol. The van der Waals surface area contributed by atoms with Gasteiger partial charge in [-0.1, -0.05) is 33.7 Å². The Kier molecular flexibility index (Phi) is 11.7. The maximum atomic E-state index is 13.4. The van der Waals surface area contributed by atoms with Gasteiger partial charge >= 0.3 is 24.2 Å². The van der Waals surface area contributed by atoms with Gasteiger partial charge in [-0.15, -0.1) is 11.8 Å². The highest BCUT2D eigenvalue weighted by molar-refractivity contribution is 8.76. The molecule has 0 spiro atoms. The molecule has 4 amide bonds. The number of β-lactam (4-membered cyclic amide) rings is 2. The second-order valence-corrected chi connectivity index (χ2v) is 16.3. The van der Waals surface area contributed by atoms with Crippen LogP contribution in [0.3, 0.4) is 0 Å². The fraction of sp³-hybridized carbons (Fsp3) is 0.500. The lowest BCUT2D eigenvalue weighted by atomic mass is 9.95. The molecular formula is C30H34N4O14S3. The molecule has 21 heteroatoms. The van der Waals surface area contributed by atoms with Crippen molar-refractivity contribution in [3.8, 4) is 5.75 Å². The molecule has 51 heavy (non-hydrogen) atoms. The summed E-state index contributed by atoms with van der Waals surface area (Å²) in [5.74, 6) is -3.38. The van der Waals surface area contributed by atoms with Crippen molar-refractivity contribution >= 4 is 75.3 Å². The predicted octanol–water partition coefficient (Wildman–Crippen LogP) is 1.25. The number of thioether (sulfide) groups is 1. The zero-order valence-electron chi connectivity index (χ0n) is 27.0. The topological polar surface area (TPSA) is 248 Å². The van der Waals surface area contributed by atoms with E-state index >= 15 is 0 Å². The highest BCUT2D eigenvalue weighted by atomic mass is 33.1. The zero-order valence-corrected chi connectivity index (χ0v) is 29.5. The molecule has 5 rings (SSSR count). The number of carboxylic acids is 2. The van der Waals surface area contributed by atoms with E-state index in [0.29, 0.717) is 17.1 Å². The Balaban J connectivity index is 0.993. The molecule has 4 fully saturated rings. The van der Waals surface area contributed by atoms with E-state index in [1.54, 1.807) is 13.8 Å². The molecule has 18 nitrogen and oxygen atoms in total. The first-order chi connectivity index (χ1) is 24.2. The first kappa shape index (κ1) is 37.7. The van der Waals surface area contributed by atoms with Crippen LogP contribution in [0.15, 0.2) is 36.1 Å². The number of phenolic OH excluding ortho intramolecular Hbond substituents is 1. The lowest BCUT2D eigenvalue weighted by Gasteiger charge is -2.44. The van der Waals surface area contributed by atoms with Gasteiger partial charge in [0.1, 0.15) is 54.8 Å². The Hall–Kier alpha value is -4.50. The summed E-state index contributed by atoms with van der Waals surface area (Å²) in [6.45, 7) is 3.05. The summed E-state index contributed by atoms with van der Waals surface area (Å²) in [5.41, 5.74) is 0.298. The van der Waals surface area contributed by atoms with Crippen molar-refractivity contribution in [2.45, 2.75) is 60.8 Å². The maximum Gasteiger partial charge on any atom is 0.508 e. The zero-order chi connectivity index (χ0) is 37.0. The molecule has 0 aliphatic carbocycles. The van der Waals surface area contributed by atoms with Crippen LogP contribution in [0.4, 0.5) is 9.59 Å². The van der Waals surface area contributed by atoms with E-state index in [0.717, 1.165) is 4.90 Å². The molecule has 2 unspecified atom stereocenters. The van der Waals surface area contributed by atoms with Gasteiger partial charge in [-0.2, -0.15) is 0 Å². The molecule has 5 N–H and O–H groups in total. The van der Waals surface area contributed by atoms with Gasteiger partial charge in [0.05, 0.1) is 6.42 Å². The molecule has 6 atom stereocenters. The molecule has 1 aromatic carbocycles. The van der Waals surface area contributed by atoms with Crippen LogP contribution in [0.1, 0.15) is 31.9 Å². The highest BCUT2D eigenvalue weighted by Gasteiger charge is 2.64. The first-order valence-corrected chi connectivity index (χ1v) is 18.8. The lowest BCUT2D eigenvalue weighted by molar-refractivity contribution is -0.163. The fourth-order valence-corrected chi connectivity index (χ4v) is 9.04. The third kappa shape index (κ3) is 8.36. The van der Waals surface area contributed by atoms with E-state index in [-0.39, 0.29) is 43.7 Å². The van der Waals surface area contributed by atoms with Gasteiger partial charge in [0, 0.05) is 16.3 Å². The number of carbonyl (C=O) groups excluding carboxylic acids is 5. The second kappa shape index (κ2) is 15.8. The molecule has 4 heterocycles. The first-order valence-electron chi connectivity index (χ1n) is 15.4. The van der Waals surface area contributed by atoms with Crippen molar-refractivity contribution in [2.75, 3.05) is 31.3 Å².